The van der Waals surface area contributed by atoms with Crippen molar-refractivity contribution >= 4 is 17.9 Å². The summed E-state index contributed by atoms with van der Waals surface area (Å²) in [5, 5.41) is 0. The van der Waals surface area contributed by atoms with Gasteiger partial charge in [0.1, 0.15) is 13.2 Å². The zero-order valence-corrected chi connectivity index (χ0v) is 44.5. The predicted octanol–water partition coefficient (Wildman–Crippen LogP) is 19.4. The Kier molecular flexibility index (Phi) is 52.1. The van der Waals surface area contributed by atoms with Gasteiger partial charge in [-0.05, 0) is 25.2 Å². The third kappa shape index (κ3) is 53.2. The molecule has 0 aliphatic heterocycles. The molecule has 0 saturated heterocycles. The summed E-state index contributed by atoms with van der Waals surface area (Å²) in [5.74, 6) is -0.00994. The first-order chi connectivity index (χ1) is 31.9. The van der Waals surface area contributed by atoms with Crippen molar-refractivity contribution in [3.05, 3.63) is 0 Å². The highest BCUT2D eigenvalue weighted by Gasteiger charge is 2.19. The highest BCUT2D eigenvalue weighted by molar-refractivity contribution is 5.71. The van der Waals surface area contributed by atoms with Gasteiger partial charge in [-0.3, -0.25) is 14.4 Å². The van der Waals surface area contributed by atoms with Crippen molar-refractivity contribution in [1.29, 1.82) is 0 Å². The van der Waals surface area contributed by atoms with E-state index in [1.165, 1.54) is 231 Å². The average molecular weight is 920 g/mol. The molecule has 0 spiro atoms. The number of carbonyl (C=O) groups excluding carboxylic acids is 3. The lowest BCUT2D eigenvalue weighted by Gasteiger charge is -2.18. The van der Waals surface area contributed by atoms with Crippen LogP contribution in [-0.4, -0.2) is 37.2 Å². The monoisotopic (exact) mass is 919 g/mol. The summed E-state index contributed by atoms with van der Waals surface area (Å²) in [6.45, 7) is 9.06. The van der Waals surface area contributed by atoms with Crippen molar-refractivity contribution in [1.82, 2.24) is 0 Å². The summed E-state index contributed by atoms with van der Waals surface area (Å²) in [6.07, 6.45) is 58.1. The molecule has 6 heteroatoms. The number of hydrogen-bond donors (Lipinski definition) is 0. The summed E-state index contributed by atoms with van der Waals surface area (Å²) in [7, 11) is 0. The molecular formula is C59H114O6. The van der Waals surface area contributed by atoms with E-state index in [0.29, 0.717) is 19.3 Å². The van der Waals surface area contributed by atoms with E-state index in [1.54, 1.807) is 0 Å². The molecular weight excluding hydrogens is 805 g/mol. The molecule has 0 saturated carbocycles. The van der Waals surface area contributed by atoms with Crippen molar-refractivity contribution in [2.75, 3.05) is 13.2 Å². The first-order valence-corrected chi connectivity index (χ1v) is 29.4. The molecule has 0 fully saturated rings. The second-order valence-corrected chi connectivity index (χ2v) is 20.8. The first-order valence-electron chi connectivity index (χ1n) is 29.4. The quantitative estimate of drug-likeness (QED) is 0.0344. The van der Waals surface area contributed by atoms with Crippen LogP contribution in [-0.2, 0) is 28.6 Å². The Bertz CT molecular complexity index is 980. The van der Waals surface area contributed by atoms with E-state index in [-0.39, 0.29) is 31.1 Å². The van der Waals surface area contributed by atoms with Gasteiger partial charge in [0.05, 0.1) is 0 Å². The summed E-state index contributed by atoms with van der Waals surface area (Å²) in [6, 6.07) is 0. The first kappa shape index (κ1) is 63.4. The number of unbranched alkanes of at least 4 members (excludes halogenated alkanes) is 41. The zero-order chi connectivity index (χ0) is 47.4. The minimum Gasteiger partial charge on any atom is -0.462 e. The van der Waals surface area contributed by atoms with Crippen molar-refractivity contribution in [3.63, 3.8) is 0 Å². The van der Waals surface area contributed by atoms with Gasteiger partial charge in [-0.25, -0.2) is 0 Å². The predicted molar refractivity (Wildman–Crippen MR) is 280 cm³/mol. The Morgan fingerprint density at radius 1 is 0.292 bits per heavy atom. The van der Waals surface area contributed by atoms with Gasteiger partial charge in [0.25, 0.3) is 0 Å². The van der Waals surface area contributed by atoms with Crippen LogP contribution in [0.4, 0.5) is 0 Å². The van der Waals surface area contributed by atoms with Crippen molar-refractivity contribution in [3.8, 4) is 0 Å². The maximum atomic E-state index is 12.8. The maximum absolute atomic E-state index is 12.8. The topological polar surface area (TPSA) is 78.9 Å². The van der Waals surface area contributed by atoms with Crippen molar-refractivity contribution in [2.45, 2.75) is 342 Å². The molecule has 0 bridgehead atoms. The Hall–Kier alpha value is -1.59. The van der Waals surface area contributed by atoms with Crippen LogP contribution in [0.15, 0.2) is 0 Å². The second kappa shape index (κ2) is 53.4. The van der Waals surface area contributed by atoms with E-state index < -0.39 is 6.10 Å². The molecule has 0 aromatic carbocycles. The molecule has 65 heavy (non-hydrogen) atoms. The molecule has 0 aromatic rings. The van der Waals surface area contributed by atoms with Gasteiger partial charge < -0.3 is 14.2 Å². The highest BCUT2D eigenvalue weighted by Crippen LogP contribution is 2.18. The van der Waals surface area contributed by atoms with Crippen LogP contribution >= 0.6 is 0 Å². The number of carbonyl (C=O) groups is 3. The Morgan fingerprint density at radius 2 is 0.508 bits per heavy atom. The Labute approximate surface area is 406 Å². The lowest BCUT2D eigenvalue weighted by atomic mass is 10.0. The number of rotatable bonds is 54. The van der Waals surface area contributed by atoms with E-state index in [0.717, 1.165) is 63.7 Å². The van der Waals surface area contributed by atoms with Gasteiger partial charge in [-0.2, -0.15) is 0 Å². The molecule has 0 amide bonds. The molecule has 1 atom stereocenters. The number of esters is 3. The summed E-state index contributed by atoms with van der Waals surface area (Å²) < 4.78 is 16.9. The molecule has 0 rings (SSSR count). The average Bonchev–Trinajstić information content (AvgIpc) is 3.29. The lowest BCUT2D eigenvalue weighted by molar-refractivity contribution is -0.167. The standard InChI is InChI=1S/C59H114O6/c1-5-7-9-11-13-15-17-19-21-22-23-25-27-31-35-39-43-47-51-58(61)64-54-56(65-59(62)52-48-44-40-36-32-28-29-33-37-41-45-49-55(3)4)53-63-57(60)50-46-42-38-34-30-26-24-20-18-16-14-12-10-8-6-2/h55-56H,5-54H2,1-4H3/t56-/m1/s1. The van der Waals surface area contributed by atoms with Crippen LogP contribution in [0.5, 0.6) is 0 Å². The second-order valence-electron chi connectivity index (χ2n) is 20.8. The molecule has 0 aliphatic rings. The normalized spacial score (nSPS) is 12.0. The van der Waals surface area contributed by atoms with E-state index in [9.17, 15) is 14.4 Å². The molecule has 6 nitrogen and oxygen atoms in total. The van der Waals surface area contributed by atoms with Gasteiger partial charge in [0.15, 0.2) is 6.10 Å². The van der Waals surface area contributed by atoms with E-state index in [4.69, 9.17) is 14.2 Å². The van der Waals surface area contributed by atoms with Crippen LogP contribution in [0.3, 0.4) is 0 Å². The summed E-state index contributed by atoms with van der Waals surface area (Å²) >= 11 is 0. The van der Waals surface area contributed by atoms with Crippen molar-refractivity contribution < 1.29 is 28.6 Å². The summed E-state index contributed by atoms with van der Waals surface area (Å²) in [4.78, 5) is 38.1. The van der Waals surface area contributed by atoms with Crippen LogP contribution in [0, 0.1) is 5.92 Å². The molecule has 0 aromatic heterocycles. The lowest BCUT2D eigenvalue weighted by Crippen LogP contribution is -2.30. The summed E-state index contributed by atoms with van der Waals surface area (Å²) in [5.41, 5.74) is 0. The van der Waals surface area contributed by atoms with Gasteiger partial charge >= 0.3 is 17.9 Å². The van der Waals surface area contributed by atoms with Crippen LogP contribution in [0.25, 0.3) is 0 Å². The van der Waals surface area contributed by atoms with Crippen LogP contribution < -0.4 is 0 Å². The molecule has 0 heterocycles. The minimum atomic E-state index is -0.762. The minimum absolute atomic E-state index is 0.0619. The smallest absolute Gasteiger partial charge is 0.306 e. The number of hydrogen-bond acceptors (Lipinski definition) is 6. The van der Waals surface area contributed by atoms with E-state index >= 15 is 0 Å². The highest BCUT2D eigenvalue weighted by atomic mass is 16.6. The Balaban J connectivity index is 4.28. The van der Waals surface area contributed by atoms with Gasteiger partial charge in [-0.15, -0.1) is 0 Å². The van der Waals surface area contributed by atoms with E-state index in [1.807, 2.05) is 0 Å². The fraction of sp³-hybridized carbons (Fsp3) is 0.949. The molecule has 0 radical (unpaired) electrons. The van der Waals surface area contributed by atoms with E-state index in [2.05, 4.69) is 27.7 Å². The third-order valence-corrected chi connectivity index (χ3v) is 13.5. The SMILES string of the molecule is CCCCCCCCCCCCCCCCCCCCC(=O)OC[C@@H](COC(=O)CCCCCCCCCCCCCCCCC)OC(=O)CCCCCCCCCCCCCC(C)C. The third-order valence-electron chi connectivity index (χ3n) is 13.5. The fourth-order valence-electron chi connectivity index (χ4n) is 9.10. The van der Waals surface area contributed by atoms with Crippen LogP contribution in [0.1, 0.15) is 336 Å². The zero-order valence-electron chi connectivity index (χ0n) is 44.5. The fourth-order valence-corrected chi connectivity index (χ4v) is 9.10. The molecule has 0 unspecified atom stereocenters. The van der Waals surface area contributed by atoms with Gasteiger partial charge in [0.2, 0.25) is 0 Å². The van der Waals surface area contributed by atoms with Crippen molar-refractivity contribution in [2.24, 2.45) is 5.92 Å². The molecule has 386 valence electrons. The largest absolute Gasteiger partial charge is 0.462 e. The maximum Gasteiger partial charge on any atom is 0.306 e. The van der Waals surface area contributed by atoms with Gasteiger partial charge in [-0.1, -0.05) is 297 Å². The molecule has 0 N–H and O–H groups in total. The number of ether oxygens (including phenoxy) is 3. The molecule has 0 aliphatic carbocycles. The Morgan fingerprint density at radius 3 is 0.754 bits per heavy atom. The van der Waals surface area contributed by atoms with Gasteiger partial charge in [0, 0.05) is 19.3 Å². The van der Waals surface area contributed by atoms with Crippen LogP contribution in [0.2, 0.25) is 0 Å².